The summed E-state index contributed by atoms with van der Waals surface area (Å²) >= 11 is 0. The SMILES string of the molecule is COC(=O)N1C2COCC1CC(N1C[C@@H]3[C@H](C1)[C@H]3C(=O)N1CCOCC1)C2. The Hall–Kier alpha value is -1.38. The third kappa shape index (κ3) is 3.02. The van der Waals surface area contributed by atoms with Gasteiger partial charge in [-0.05, 0) is 24.7 Å². The van der Waals surface area contributed by atoms with Crippen LogP contribution in [0.5, 0.6) is 0 Å². The number of carbonyl (C=O) groups is 2. The Morgan fingerprint density at radius 1 is 0.926 bits per heavy atom. The van der Waals surface area contributed by atoms with E-state index < -0.39 is 0 Å². The summed E-state index contributed by atoms with van der Waals surface area (Å²) in [6.07, 6.45) is 1.65. The fourth-order valence-corrected chi connectivity index (χ4v) is 5.81. The van der Waals surface area contributed by atoms with E-state index in [4.69, 9.17) is 14.2 Å². The third-order valence-electron chi connectivity index (χ3n) is 7.23. The number of rotatable bonds is 2. The molecule has 5 atom stereocenters. The molecule has 8 nitrogen and oxygen atoms in total. The fraction of sp³-hybridized carbons (Fsp3) is 0.895. The lowest BCUT2D eigenvalue weighted by Gasteiger charge is -2.49. The maximum Gasteiger partial charge on any atom is 0.410 e. The largest absolute Gasteiger partial charge is 0.453 e. The summed E-state index contributed by atoms with van der Waals surface area (Å²) in [5, 5.41) is 0. The van der Waals surface area contributed by atoms with Gasteiger partial charge < -0.3 is 19.1 Å². The molecule has 0 spiro atoms. The first kappa shape index (κ1) is 17.7. The van der Waals surface area contributed by atoms with Crippen molar-refractivity contribution >= 4 is 12.0 Å². The summed E-state index contributed by atoms with van der Waals surface area (Å²) in [5.74, 6) is 1.63. The van der Waals surface area contributed by atoms with Crippen LogP contribution in [0.4, 0.5) is 4.79 Å². The van der Waals surface area contributed by atoms with Gasteiger partial charge in [-0.25, -0.2) is 4.79 Å². The molecule has 4 aliphatic heterocycles. The van der Waals surface area contributed by atoms with Crippen molar-refractivity contribution in [2.24, 2.45) is 17.8 Å². The van der Waals surface area contributed by atoms with Gasteiger partial charge in [0, 0.05) is 38.1 Å². The molecule has 5 rings (SSSR count). The lowest BCUT2D eigenvalue weighted by molar-refractivity contribution is -0.137. The van der Waals surface area contributed by atoms with E-state index in [9.17, 15) is 9.59 Å². The normalized spacial score (nSPS) is 41.2. The zero-order valence-electron chi connectivity index (χ0n) is 15.9. The Bertz CT molecular complexity index is 584. The number of fused-ring (bicyclic) bond motifs is 3. The minimum atomic E-state index is -0.229. The van der Waals surface area contributed by atoms with Gasteiger partial charge in [0.05, 0.1) is 45.6 Å². The number of carbonyl (C=O) groups excluding carboxylic acids is 2. The number of nitrogens with zero attached hydrogens (tertiary/aromatic N) is 3. The van der Waals surface area contributed by atoms with Crippen LogP contribution in [-0.4, -0.2) is 105 Å². The van der Waals surface area contributed by atoms with Crippen molar-refractivity contribution in [2.45, 2.75) is 31.0 Å². The van der Waals surface area contributed by atoms with E-state index in [0.717, 1.165) is 39.0 Å². The van der Waals surface area contributed by atoms with E-state index in [1.54, 1.807) is 0 Å². The maximum absolute atomic E-state index is 12.7. The van der Waals surface area contributed by atoms with Crippen LogP contribution in [0.25, 0.3) is 0 Å². The van der Waals surface area contributed by atoms with Crippen LogP contribution >= 0.6 is 0 Å². The number of ether oxygens (including phenoxy) is 3. The van der Waals surface area contributed by atoms with Crippen molar-refractivity contribution < 1.29 is 23.8 Å². The summed E-state index contributed by atoms with van der Waals surface area (Å²) in [6.45, 7) is 6.07. The molecule has 2 unspecified atom stereocenters. The van der Waals surface area contributed by atoms with Crippen LogP contribution in [-0.2, 0) is 19.0 Å². The number of hydrogen-bond donors (Lipinski definition) is 0. The molecule has 0 radical (unpaired) electrons. The molecule has 0 N–H and O–H groups in total. The molecule has 2 bridgehead atoms. The first-order chi connectivity index (χ1) is 13.2. The second-order valence-corrected chi connectivity index (χ2v) is 8.59. The van der Waals surface area contributed by atoms with Crippen LogP contribution in [0.3, 0.4) is 0 Å². The van der Waals surface area contributed by atoms with Gasteiger partial charge in [-0.15, -0.1) is 0 Å². The smallest absolute Gasteiger partial charge is 0.410 e. The molecule has 5 fully saturated rings. The number of methoxy groups -OCH3 is 1. The van der Waals surface area contributed by atoms with Gasteiger partial charge in [0.2, 0.25) is 5.91 Å². The molecular formula is C19H29N3O5. The maximum atomic E-state index is 12.7. The Balaban J connectivity index is 1.18. The topological polar surface area (TPSA) is 71.5 Å². The van der Waals surface area contributed by atoms with Crippen LogP contribution in [0, 0.1) is 17.8 Å². The summed E-state index contributed by atoms with van der Waals surface area (Å²) < 4.78 is 16.0. The number of likely N-dealkylation sites (tertiary alicyclic amines) is 1. The summed E-state index contributed by atoms with van der Waals surface area (Å²) in [7, 11) is 1.45. The number of amides is 2. The third-order valence-corrected chi connectivity index (χ3v) is 7.23. The lowest BCUT2D eigenvalue weighted by atomic mass is 9.89. The van der Waals surface area contributed by atoms with Crippen LogP contribution in [0.2, 0.25) is 0 Å². The monoisotopic (exact) mass is 379 g/mol. The molecule has 1 aliphatic carbocycles. The van der Waals surface area contributed by atoms with Gasteiger partial charge in [0.25, 0.3) is 0 Å². The van der Waals surface area contributed by atoms with Gasteiger partial charge in [-0.2, -0.15) is 0 Å². The zero-order valence-corrected chi connectivity index (χ0v) is 15.9. The highest BCUT2D eigenvalue weighted by Crippen LogP contribution is 2.53. The first-order valence-electron chi connectivity index (χ1n) is 10.2. The molecule has 2 amide bonds. The molecule has 0 aromatic heterocycles. The molecule has 0 aromatic rings. The van der Waals surface area contributed by atoms with Gasteiger partial charge >= 0.3 is 6.09 Å². The Morgan fingerprint density at radius 3 is 2.15 bits per heavy atom. The summed E-state index contributed by atoms with van der Waals surface area (Å²) in [5.41, 5.74) is 0. The molecule has 5 aliphatic rings. The Labute approximate surface area is 159 Å². The molecular weight excluding hydrogens is 350 g/mol. The van der Waals surface area contributed by atoms with Crippen molar-refractivity contribution in [1.82, 2.24) is 14.7 Å². The van der Waals surface area contributed by atoms with E-state index in [-0.39, 0.29) is 24.1 Å². The second kappa shape index (κ2) is 6.90. The lowest BCUT2D eigenvalue weighted by Crippen LogP contribution is -2.62. The average molecular weight is 379 g/mol. The van der Waals surface area contributed by atoms with Crippen molar-refractivity contribution in [3.05, 3.63) is 0 Å². The predicted molar refractivity (Wildman–Crippen MR) is 95.1 cm³/mol. The Morgan fingerprint density at radius 2 is 1.56 bits per heavy atom. The number of morpholine rings is 2. The first-order valence-corrected chi connectivity index (χ1v) is 10.2. The van der Waals surface area contributed by atoms with E-state index in [1.165, 1.54) is 7.11 Å². The highest BCUT2D eigenvalue weighted by molar-refractivity contribution is 5.82. The highest BCUT2D eigenvalue weighted by atomic mass is 16.5. The molecule has 150 valence electrons. The van der Waals surface area contributed by atoms with Crippen molar-refractivity contribution in [3.8, 4) is 0 Å². The van der Waals surface area contributed by atoms with Gasteiger partial charge in [0.15, 0.2) is 0 Å². The molecule has 4 saturated heterocycles. The number of piperidine rings is 2. The quantitative estimate of drug-likeness (QED) is 0.674. The van der Waals surface area contributed by atoms with Crippen LogP contribution in [0.15, 0.2) is 0 Å². The molecule has 8 heteroatoms. The van der Waals surface area contributed by atoms with E-state index in [1.807, 2.05) is 9.80 Å². The molecule has 27 heavy (non-hydrogen) atoms. The van der Waals surface area contributed by atoms with Gasteiger partial charge in [-0.3, -0.25) is 14.6 Å². The minimum absolute atomic E-state index is 0.109. The van der Waals surface area contributed by atoms with Gasteiger partial charge in [-0.1, -0.05) is 0 Å². The number of hydrogen-bond acceptors (Lipinski definition) is 6. The van der Waals surface area contributed by atoms with Crippen molar-refractivity contribution in [3.63, 3.8) is 0 Å². The summed E-state index contributed by atoms with van der Waals surface area (Å²) in [4.78, 5) is 31.3. The fourth-order valence-electron chi connectivity index (χ4n) is 5.81. The standard InChI is InChI=1S/C19H29N3O5/c1-25-19(24)22-13-6-12(7-14(22)11-27-10-13)21-8-15-16(9-21)17(15)18(23)20-2-4-26-5-3-20/h12-17H,2-11H2,1H3/t12?,13?,14?,15-,16+,17+. The van der Waals surface area contributed by atoms with Crippen LogP contribution < -0.4 is 0 Å². The van der Waals surface area contributed by atoms with Gasteiger partial charge in [0.1, 0.15) is 0 Å². The Kier molecular flexibility index (Phi) is 4.52. The minimum Gasteiger partial charge on any atom is -0.453 e. The molecule has 1 saturated carbocycles. The summed E-state index contributed by atoms with van der Waals surface area (Å²) in [6, 6.07) is 0.701. The van der Waals surface area contributed by atoms with E-state index in [2.05, 4.69) is 4.90 Å². The van der Waals surface area contributed by atoms with Crippen molar-refractivity contribution in [1.29, 1.82) is 0 Å². The second-order valence-electron chi connectivity index (χ2n) is 8.59. The van der Waals surface area contributed by atoms with E-state index >= 15 is 0 Å². The predicted octanol–water partition coefficient (Wildman–Crippen LogP) is 0.0212. The molecule has 4 heterocycles. The molecule has 0 aromatic carbocycles. The van der Waals surface area contributed by atoms with Crippen molar-refractivity contribution in [2.75, 3.05) is 59.7 Å². The van der Waals surface area contributed by atoms with E-state index in [0.29, 0.717) is 50.2 Å². The average Bonchev–Trinajstić information content (AvgIpc) is 3.19. The highest BCUT2D eigenvalue weighted by Gasteiger charge is 2.61. The van der Waals surface area contributed by atoms with Crippen LogP contribution in [0.1, 0.15) is 12.8 Å². The zero-order chi connectivity index (χ0) is 18.5.